The molecule has 0 atom stereocenters. The first-order chi connectivity index (χ1) is 14.1. The van der Waals surface area contributed by atoms with Crippen LogP contribution in [0.1, 0.15) is 15.9 Å². The predicted molar refractivity (Wildman–Crippen MR) is 122 cm³/mol. The van der Waals surface area contributed by atoms with Gasteiger partial charge in [0.2, 0.25) is 0 Å². The molecule has 1 heterocycles. The van der Waals surface area contributed by atoms with Gasteiger partial charge in [0.05, 0.1) is 21.3 Å². The Labute approximate surface area is 185 Å². The van der Waals surface area contributed by atoms with E-state index in [0.717, 1.165) is 21.1 Å². The van der Waals surface area contributed by atoms with E-state index < -0.39 is 0 Å². The summed E-state index contributed by atoms with van der Waals surface area (Å²) >= 11 is 10.9. The zero-order valence-corrected chi connectivity index (χ0v) is 18.4. The maximum Gasteiger partial charge on any atom is 0.257 e. The van der Waals surface area contributed by atoms with Gasteiger partial charge in [-0.2, -0.15) is 0 Å². The summed E-state index contributed by atoms with van der Waals surface area (Å²) in [4.78, 5) is 17.0. The van der Waals surface area contributed by atoms with E-state index in [4.69, 9.17) is 16.3 Å². The molecule has 0 bridgehead atoms. The van der Waals surface area contributed by atoms with Gasteiger partial charge in [-0.25, -0.2) is 4.98 Å². The van der Waals surface area contributed by atoms with Crippen molar-refractivity contribution < 1.29 is 9.53 Å². The predicted octanol–water partition coefficient (Wildman–Crippen LogP) is 6.59. The number of fused-ring (bicyclic) bond motifs is 1. The van der Waals surface area contributed by atoms with Crippen molar-refractivity contribution >= 4 is 60.1 Å². The average Bonchev–Trinajstić information content (AvgIpc) is 3.11. The van der Waals surface area contributed by atoms with Crippen molar-refractivity contribution in [3.05, 3.63) is 87.4 Å². The van der Waals surface area contributed by atoms with Crippen LogP contribution in [-0.4, -0.2) is 17.5 Å². The zero-order valence-electron chi connectivity index (χ0n) is 15.2. The topological polar surface area (TPSA) is 51.2 Å². The molecule has 4 aromatic rings. The highest BCUT2D eigenvalue weighted by Gasteiger charge is 2.12. The summed E-state index contributed by atoms with van der Waals surface area (Å²) in [5, 5.41) is 4.02. The van der Waals surface area contributed by atoms with Crippen LogP contribution in [0.3, 0.4) is 0 Å². The van der Waals surface area contributed by atoms with Gasteiger partial charge in [-0.3, -0.25) is 10.1 Å². The van der Waals surface area contributed by atoms with Gasteiger partial charge in [0.1, 0.15) is 5.75 Å². The number of ether oxygens (including phenoxy) is 1. The summed E-state index contributed by atoms with van der Waals surface area (Å²) in [6, 6.07) is 20.9. The second-order valence-corrected chi connectivity index (χ2v) is 8.64. The lowest BCUT2D eigenvalue weighted by atomic mass is 10.2. The molecule has 0 aliphatic rings. The smallest absolute Gasteiger partial charge is 0.257 e. The van der Waals surface area contributed by atoms with Crippen molar-refractivity contribution in [2.75, 3.05) is 11.9 Å². The van der Waals surface area contributed by atoms with Gasteiger partial charge in [-0.15, -0.1) is 0 Å². The van der Waals surface area contributed by atoms with Crippen LogP contribution >= 0.6 is 38.9 Å². The first-order valence-electron chi connectivity index (χ1n) is 8.92. The standard InChI is InChI=1S/C22H16BrClN2O2S/c23-17-12-15(6-9-19(17)28-11-10-14-4-2-1-3-5-14)21(27)26-22-25-18-8-7-16(24)13-20(18)29-22/h1-9,12-13H,10-11H2,(H,25,26,27). The van der Waals surface area contributed by atoms with E-state index in [1.807, 2.05) is 30.3 Å². The molecule has 1 amide bonds. The van der Waals surface area contributed by atoms with Crippen molar-refractivity contribution in [1.82, 2.24) is 4.98 Å². The van der Waals surface area contributed by atoms with E-state index >= 15 is 0 Å². The minimum Gasteiger partial charge on any atom is -0.492 e. The molecule has 0 aliphatic heterocycles. The maximum absolute atomic E-state index is 12.6. The number of thiazole rings is 1. The highest BCUT2D eigenvalue weighted by atomic mass is 79.9. The number of hydrogen-bond acceptors (Lipinski definition) is 4. The Kier molecular flexibility index (Phi) is 6.13. The van der Waals surface area contributed by atoms with E-state index in [1.165, 1.54) is 16.9 Å². The Morgan fingerprint density at radius 1 is 1.10 bits per heavy atom. The second-order valence-electron chi connectivity index (χ2n) is 6.31. The highest BCUT2D eigenvalue weighted by molar-refractivity contribution is 9.10. The van der Waals surface area contributed by atoms with E-state index in [0.29, 0.717) is 28.1 Å². The van der Waals surface area contributed by atoms with Crippen LogP contribution in [-0.2, 0) is 6.42 Å². The minimum atomic E-state index is -0.230. The van der Waals surface area contributed by atoms with Crippen LogP contribution in [0.5, 0.6) is 5.75 Å². The van der Waals surface area contributed by atoms with Crippen LogP contribution < -0.4 is 10.1 Å². The van der Waals surface area contributed by atoms with Crippen LogP contribution in [0.4, 0.5) is 5.13 Å². The number of aromatic nitrogens is 1. The maximum atomic E-state index is 12.6. The molecule has 0 radical (unpaired) electrons. The van der Waals surface area contributed by atoms with Gasteiger partial charge in [-0.1, -0.05) is 53.3 Å². The van der Waals surface area contributed by atoms with Gasteiger partial charge in [0.15, 0.2) is 5.13 Å². The van der Waals surface area contributed by atoms with E-state index in [1.54, 1.807) is 24.3 Å². The number of carbonyl (C=O) groups is 1. The molecular formula is C22H16BrClN2O2S. The summed E-state index contributed by atoms with van der Waals surface area (Å²) in [5.74, 6) is 0.471. The molecule has 0 fully saturated rings. The van der Waals surface area contributed by atoms with Crippen molar-refractivity contribution in [3.8, 4) is 5.75 Å². The summed E-state index contributed by atoms with van der Waals surface area (Å²) in [5.41, 5.74) is 2.54. The largest absolute Gasteiger partial charge is 0.492 e. The number of nitrogens with one attached hydrogen (secondary N) is 1. The summed E-state index contributed by atoms with van der Waals surface area (Å²) in [6.45, 7) is 0.558. The molecular weight excluding hydrogens is 472 g/mol. The van der Waals surface area contributed by atoms with E-state index in [9.17, 15) is 4.79 Å². The molecule has 0 unspecified atom stereocenters. The number of benzene rings is 3. The molecule has 1 N–H and O–H groups in total. The fraction of sp³-hybridized carbons (Fsp3) is 0.0909. The number of halogens is 2. The third-order valence-electron chi connectivity index (χ3n) is 4.26. The fourth-order valence-electron chi connectivity index (χ4n) is 2.80. The Hall–Kier alpha value is -2.41. The Balaban J connectivity index is 1.40. The first kappa shape index (κ1) is 19.9. The number of nitrogens with zero attached hydrogens (tertiary/aromatic N) is 1. The number of hydrogen-bond donors (Lipinski definition) is 1. The highest BCUT2D eigenvalue weighted by Crippen LogP contribution is 2.30. The van der Waals surface area contributed by atoms with Crippen molar-refractivity contribution in [2.45, 2.75) is 6.42 Å². The van der Waals surface area contributed by atoms with Crippen molar-refractivity contribution in [1.29, 1.82) is 0 Å². The van der Waals surface area contributed by atoms with Crippen LogP contribution in [0, 0.1) is 0 Å². The molecule has 0 spiro atoms. The molecule has 0 aliphatic carbocycles. The van der Waals surface area contributed by atoms with Crippen LogP contribution in [0.15, 0.2) is 71.2 Å². The lowest BCUT2D eigenvalue weighted by Crippen LogP contribution is -2.11. The van der Waals surface area contributed by atoms with E-state index in [-0.39, 0.29) is 5.91 Å². The second kappa shape index (κ2) is 8.95. The van der Waals surface area contributed by atoms with Crippen molar-refractivity contribution in [3.63, 3.8) is 0 Å². The molecule has 7 heteroatoms. The zero-order chi connectivity index (χ0) is 20.2. The third-order valence-corrected chi connectivity index (χ3v) is 6.04. The van der Waals surface area contributed by atoms with Gasteiger partial charge < -0.3 is 4.74 Å². The normalized spacial score (nSPS) is 10.8. The molecule has 0 saturated heterocycles. The Morgan fingerprint density at radius 2 is 1.93 bits per heavy atom. The summed E-state index contributed by atoms with van der Waals surface area (Å²) < 4.78 is 7.50. The monoisotopic (exact) mass is 486 g/mol. The summed E-state index contributed by atoms with van der Waals surface area (Å²) in [6.07, 6.45) is 0.817. The Bertz CT molecular complexity index is 1160. The minimum absolute atomic E-state index is 0.230. The van der Waals surface area contributed by atoms with Gasteiger partial charge >= 0.3 is 0 Å². The average molecular weight is 488 g/mol. The number of rotatable bonds is 6. The summed E-state index contributed by atoms with van der Waals surface area (Å²) in [7, 11) is 0. The molecule has 4 nitrogen and oxygen atoms in total. The number of carbonyl (C=O) groups excluding carboxylic acids is 1. The van der Waals surface area contributed by atoms with E-state index in [2.05, 4.69) is 38.4 Å². The van der Waals surface area contributed by atoms with Crippen LogP contribution in [0.2, 0.25) is 5.02 Å². The van der Waals surface area contributed by atoms with Crippen LogP contribution in [0.25, 0.3) is 10.2 Å². The first-order valence-corrected chi connectivity index (χ1v) is 10.9. The van der Waals surface area contributed by atoms with Gasteiger partial charge in [0, 0.05) is 17.0 Å². The number of amides is 1. The lowest BCUT2D eigenvalue weighted by molar-refractivity contribution is 0.102. The fourth-order valence-corrected chi connectivity index (χ4v) is 4.43. The SMILES string of the molecule is O=C(Nc1nc2ccc(Cl)cc2s1)c1ccc(OCCc2ccccc2)c(Br)c1. The number of anilines is 1. The van der Waals surface area contributed by atoms with Crippen molar-refractivity contribution in [2.24, 2.45) is 0 Å². The molecule has 146 valence electrons. The Morgan fingerprint density at radius 3 is 2.72 bits per heavy atom. The molecule has 0 saturated carbocycles. The molecule has 29 heavy (non-hydrogen) atoms. The lowest BCUT2D eigenvalue weighted by Gasteiger charge is -2.10. The molecule has 1 aromatic heterocycles. The van der Waals surface area contributed by atoms with Gasteiger partial charge in [0.25, 0.3) is 5.91 Å². The van der Waals surface area contributed by atoms with Gasteiger partial charge in [-0.05, 0) is 57.9 Å². The molecule has 4 rings (SSSR count). The molecule has 3 aromatic carbocycles. The quantitative estimate of drug-likeness (QED) is 0.334. The third kappa shape index (κ3) is 4.96.